The summed E-state index contributed by atoms with van der Waals surface area (Å²) in [5.41, 5.74) is 0. The summed E-state index contributed by atoms with van der Waals surface area (Å²) in [5, 5.41) is 2.35. The molecule has 17 heavy (non-hydrogen) atoms. The molecule has 1 rings (SSSR count). The van der Waals surface area contributed by atoms with Gasteiger partial charge in [0, 0.05) is 13.5 Å². The molecule has 0 saturated carbocycles. The van der Waals surface area contributed by atoms with Crippen LogP contribution in [0.15, 0.2) is 22.8 Å². The van der Waals surface area contributed by atoms with E-state index in [1.54, 1.807) is 10.8 Å². The van der Waals surface area contributed by atoms with Crippen molar-refractivity contribution in [2.24, 2.45) is 0 Å². The van der Waals surface area contributed by atoms with Crippen LogP contribution in [0, 0.1) is 0 Å². The van der Waals surface area contributed by atoms with Crippen LogP contribution in [-0.2, 0) is 14.8 Å². The SMILES string of the molecule is CC(=O)NS(=O)(=O)CCNC(=O)c1ccco1. The van der Waals surface area contributed by atoms with Gasteiger partial charge in [0.15, 0.2) is 5.76 Å². The highest BCUT2D eigenvalue weighted by molar-refractivity contribution is 7.90. The third-order valence-electron chi connectivity index (χ3n) is 1.70. The minimum absolute atomic E-state index is 0.0990. The van der Waals surface area contributed by atoms with E-state index in [1.807, 2.05) is 0 Å². The van der Waals surface area contributed by atoms with Gasteiger partial charge >= 0.3 is 0 Å². The average molecular weight is 260 g/mol. The van der Waals surface area contributed by atoms with Gasteiger partial charge in [0.1, 0.15) is 0 Å². The quantitative estimate of drug-likeness (QED) is 0.740. The van der Waals surface area contributed by atoms with Crippen LogP contribution >= 0.6 is 0 Å². The zero-order valence-corrected chi connectivity index (χ0v) is 9.91. The van der Waals surface area contributed by atoms with Crippen LogP contribution in [-0.4, -0.2) is 32.5 Å². The van der Waals surface area contributed by atoms with E-state index < -0.39 is 21.8 Å². The van der Waals surface area contributed by atoms with Crippen LogP contribution in [0.1, 0.15) is 17.5 Å². The molecule has 0 unspecified atom stereocenters. The molecule has 0 spiro atoms. The fraction of sp³-hybridized carbons (Fsp3) is 0.333. The van der Waals surface area contributed by atoms with Crippen molar-refractivity contribution >= 4 is 21.8 Å². The summed E-state index contributed by atoms with van der Waals surface area (Å²) in [6, 6.07) is 3.00. The fourth-order valence-electron chi connectivity index (χ4n) is 1.06. The number of hydrogen-bond donors (Lipinski definition) is 2. The van der Waals surface area contributed by atoms with Crippen molar-refractivity contribution in [1.29, 1.82) is 0 Å². The molecular weight excluding hydrogens is 248 g/mol. The highest BCUT2D eigenvalue weighted by atomic mass is 32.2. The van der Waals surface area contributed by atoms with E-state index in [2.05, 4.69) is 5.32 Å². The molecule has 0 bridgehead atoms. The molecule has 0 aliphatic heterocycles. The summed E-state index contributed by atoms with van der Waals surface area (Å²) in [4.78, 5) is 21.9. The highest BCUT2D eigenvalue weighted by Crippen LogP contribution is 1.98. The van der Waals surface area contributed by atoms with Crippen molar-refractivity contribution in [2.75, 3.05) is 12.3 Å². The van der Waals surface area contributed by atoms with Gasteiger partial charge in [-0.3, -0.25) is 14.3 Å². The summed E-state index contributed by atoms with van der Waals surface area (Å²) in [6.07, 6.45) is 1.34. The molecule has 2 N–H and O–H groups in total. The van der Waals surface area contributed by atoms with Crippen LogP contribution in [0.3, 0.4) is 0 Å². The van der Waals surface area contributed by atoms with Crippen LogP contribution in [0.5, 0.6) is 0 Å². The molecule has 0 aliphatic rings. The van der Waals surface area contributed by atoms with Crippen LogP contribution in [0.2, 0.25) is 0 Å². The number of furan rings is 1. The van der Waals surface area contributed by atoms with E-state index in [1.165, 1.54) is 12.3 Å². The minimum Gasteiger partial charge on any atom is -0.459 e. The molecule has 8 heteroatoms. The first-order valence-corrected chi connectivity index (χ1v) is 6.39. The Labute approximate surface area is 98.2 Å². The lowest BCUT2D eigenvalue weighted by molar-refractivity contribution is -0.117. The number of nitrogens with one attached hydrogen (secondary N) is 2. The average Bonchev–Trinajstić information content (AvgIpc) is 2.67. The van der Waals surface area contributed by atoms with Crippen molar-refractivity contribution in [3.8, 4) is 0 Å². The predicted octanol–water partition coefficient (Wildman–Crippen LogP) is -0.525. The topological polar surface area (TPSA) is 105 Å². The van der Waals surface area contributed by atoms with Crippen molar-refractivity contribution in [3.63, 3.8) is 0 Å². The van der Waals surface area contributed by atoms with Crippen LogP contribution < -0.4 is 10.0 Å². The Bertz CT molecular complexity index is 491. The normalized spacial score (nSPS) is 10.9. The maximum absolute atomic E-state index is 11.3. The third-order valence-corrected chi connectivity index (χ3v) is 3.04. The van der Waals surface area contributed by atoms with Gasteiger partial charge in [0.25, 0.3) is 5.91 Å². The van der Waals surface area contributed by atoms with Gasteiger partial charge in [-0.05, 0) is 12.1 Å². The predicted molar refractivity (Wildman–Crippen MR) is 58.6 cm³/mol. The van der Waals surface area contributed by atoms with Crippen molar-refractivity contribution in [1.82, 2.24) is 10.0 Å². The lowest BCUT2D eigenvalue weighted by Crippen LogP contribution is -2.36. The highest BCUT2D eigenvalue weighted by Gasteiger charge is 2.13. The second-order valence-corrected chi connectivity index (χ2v) is 5.05. The number of sulfonamides is 1. The van der Waals surface area contributed by atoms with Gasteiger partial charge in [0.2, 0.25) is 15.9 Å². The zero-order valence-electron chi connectivity index (χ0n) is 9.10. The van der Waals surface area contributed by atoms with Gasteiger partial charge in [-0.1, -0.05) is 0 Å². The van der Waals surface area contributed by atoms with E-state index in [9.17, 15) is 18.0 Å². The number of carbonyl (C=O) groups excluding carboxylic acids is 2. The maximum atomic E-state index is 11.3. The van der Waals surface area contributed by atoms with Crippen molar-refractivity contribution in [2.45, 2.75) is 6.92 Å². The first-order valence-electron chi connectivity index (χ1n) is 4.73. The second-order valence-electron chi connectivity index (χ2n) is 3.21. The van der Waals surface area contributed by atoms with Crippen LogP contribution in [0.25, 0.3) is 0 Å². The molecule has 0 aliphatic carbocycles. The summed E-state index contributed by atoms with van der Waals surface area (Å²) >= 11 is 0. The Morgan fingerprint density at radius 1 is 1.41 bits per heavy atom. The Morgan fingerprint density at radius 3 is 2.65 bits per heavy atom. The fourth-order valence-corrected chi connectivity index (χ4v) is 1.97. The van der Waals surface area contributed by atoms with Gasteiger partial charge in [0.05, 0.1) is 12.0 Å². The van der Waals surface area contributed by atoms with E-state index >= 15 is 0 Å². The lowest BCUT2D eigenvalue weighted by atomic mass is 10.4. The molecule has 1 heterocycles. The summed E-state index contributed by atoms with van der Waals surface area (Å²) in [5.74, 6) is -1.45. The second kappa shape index (κ2) is 5.48. The number of carbonyl (C=O) groups is 2. The van der Waals surface area contributed by atoms with E-state index in [0.29, 0.717) is 0 Å². The Kier molecular flexibility index (Phi) is 4.27. The van der Waals surface area contributed by atoms with Crippen molar-refractivity contribution in [3.05, 3.63) is 24.2 Å². The molecule has 0 radical (unpaired) electrons. The number of hydrogen-bond acceptors (Lipinski definition) is 5. The van der Waals surface area contributed by atoms with Crippen molar-refractivity contribution < 1.29 is 22.4 Å². The van der Waals surface area contributed by atoms with E-state index in [-0.39, 0.29) is 18.1 Å². The Morgan fingerprint density at radius 2 is 2.12 bits per heavy atom. The molecule has 7 nitrogen and oxygen atoms in total. The van der Waals surface area contributed by atoms with Gasteiger partial charge in [-0.2, -0.15) is 0 Å². The molecule has 0 aromatic carbocycles. The number of amides is 2. The maximum Gasteiger partial charge on any atom is 0.287 e. The van der Waals surface area contributed by atoms with Gasteiger partial charge < -0.3 is 9.73 Å². The first kappa shape index (κ1) is 13.2. The lowest BCUT2D eigenvalue weighted by Gasteiger charge is -2.05. The summed E-state index contributed by atoms with van der Waals surface area (Å²) in [6.45, 7) is 0.987. The zero-order chi connectivity index (χ0) is 12.9. The number of rotatable bonds is 5. The van der Waals surface area contributed by atoms with E-state index in [0.717, 1.165) is 6.92 Å². The smallest absolute Gasteiger partial charge is 0.287 e. The van der Waals surface area contributed by atoms with Crippen LogP contribution in [0.4, 0.5) is 0 Å². The molecule has 2 amide bonds. The largest absolute Gasteiger partial charge is 0.459 e. The van der Waals surface area contributed by atoms with Gasteiger partial charge in [-0.25, -0.2) is 8.42 Å². The molecule has 1 aromatic rings. The summed E-state index contributed by atoms with van der Waals surface area (Å²) < 4.78 is 29.0. The van der Waals surface area contributed by atoms with E-state index in [4.69, 9.17) is 4.42 Å². The standard InChI is InChI=1S/C9H12N2O5S/c1-7(12)11-17(14,15)6-4-10-9(13)8-3-2-5-16-8/h2-3,5H,4,6H2,1H3,(H,10,13)(H,11,12). The monoisotopic (exact) mass is 260 g/mol. The molecule has 1 aromatic heterocycles. The molecule has 0 saturated heterocycles. The first-order chi connectivity index (χ1) is 7.91. The minimum atomic E-state index is -3.69. The molecule has 0 atom stereocenters. The Hall–Kier alpha value is -1.83. The molecular formula is C9H12N2O5S. The Balaban J connectivity index is 2.38. The molecule has 0 fully saturated rings. The summed E-state index contributed by atoms with van der Waals surface area (Å²) in [7, 11) is -3.69. The third kappa shape index (κ3) is 4.68. The van der Waals surface area contributed by atoms with Gasteiger partial charge in [-0.15, -0.1) is 0 Å². The molecule has 94 valence electrons.